The van der Waals surface area contributed by atoms with E-state index in [1.165, 1.54) is 0 Å². The van der Waals surface area contributed by atoms with E-state index >= 15 is 0 Å². The lowest BCUT2D eigenvalue weighted by Gasteiger charge is -2.02. The van der Waals surface area contributed by atoms with E-state index in [1.54, 1.807) is 22.8 Å². The number of pyridine rings is 2. The highest BCUT2D eigenvalue weighted by molar-refractivity contribution is 5.84. The second-order valence-electron chi connectivity index (χ2n) is 4.85. The van der Waals surface area contributed by atoms with Gasteiger partial charge in [0.15, 0.2) is 0 Å². The van der Waals surface area contributed by atoms with Gasteiger partial charge in [-0.2, -0.15) is 5.26 Å². The third-order valence-electron chi connectivity index (χ3n) is 3.64. The van der Waals surface area contributed by atoms with Gasteiger partial charge in [-0.3, -0.25) is 4.79 Å². The van der Waals surface area contributed by atoms with Crippen LogP contribution in [0.2, 0.25) is 0 Å². The average molecular weight is 259 g/mol. The molecule has 0 amide bonds. The summed E-state index contributed by atoms with van der Waals surface area (Å²) in [5, 5.41) is 9.89. The summed E-state index contributed by atoms with van der Waals surface area (Å²) >= 11 is 0. The molecule has 3 aromatic rings. The highest BCUT2D eigenvalue weighted by atomic mass is 16.1. The van der Waals surface area contributed by atoms with Gasteiger partial charge in [0.2, 0.25) is 0 Å². The van der Waals surface area contributed by atoms with Crippen LogP contribution >= 0.6 is 0 Å². The van der Waals surface area contributed by atoms with Gasteiger partial charge in [0.05, 0.1) is 35.1 Å². The molecule has 1 aromatic carbocycles. The minimum Gasteiger partial charge on any atom is -0.302 e. The third-order valence-corrected chi connectivity index (χ3v) is 3.64. The number of benzene rings is 1. The number of rotatable bonds is 0. The van der Waals surface area contributed by atoms with E-state index in [0.29, 0.717) is 12.1 Å². The monoisotopic (exact) mass is 259 g/mol. The Morgan fingerprint density at radius 1 is 1.20 bits per heavy atom. The smallest absolute Gasteiger partial charge is 0.251 e. The summed E-state index contributed by atoms with van der Waals surface area (Å²) in [4.78, 5) is 16.5. The highest BCUT2D eigenvalue weighted by Crippen LogP contribution is 2.31. The molecule has 4 heteroatoms. The van der Waals surface area contributed by atoms with Crippen LogP contribution in [0.25, 0.3) is 22.3 Å². The van der Waals surface area contributed by atoms with Gasteiger partial charge in [-0.25, -0.2) is 4.98 Å². The van der Waals surface area contributed by atoms with Crippen molar-refractivity contribution >= 4 is 10.9 Å². The molecule has 0 unspecified atom stereocenters. The number of fused-ring (bicyclic) bond motifs is 4. The fourth-order valence-corrected chi connectivity index (χ4v) is 2.69. The zero-order chi connectivity index (χ0) is 13.7. The van der Waals surface area contributed by atoms with Crippen LogP contribution in [0, 0.1) is 11.3 Å². The molecule has 0 aliphatic carbocycles. The topological polar surface area (TPSA) is 58.7 Å². The molecule has 0 bridgehead atoms. The van der Waals surface area contributed by atoms with Crippen LogP contribution < -0.4 is 5.56 Å². The first kappa shape index (κ1) is 10.9. The molecule has 94 valence electrons. The molecule has 0 fully saturated rings. The van der Waals surface area contributed by atoms with Crippen LogP contribution in [0.15, 0.2) is 47.3 Å². The minimum atomic E-state index is -0.0118. The van der Waals surface area contributed by atoms with Gasteiger partial charge in [0, 0.05) is 17.0 Å². The first-order valence-corrected chi connectivity index (χ1v) is 6.30. The molecule has 20 heavy (non-hydrogen) atoms. The van der Waals surface area contributed by atoms with Crippen molar-refractivity contribution in [2.24, 2.45) is 0 Å². The largest absolute Gasteiger partial charge is 0.302 e. The maximum Gasteiger partial charge on any atom is 0.251 e. The van der Waals surface area contributed by atoms with Crippen molar-refractivity contribution in [1.29, 1.82) is 5.26 Å². The van der Waals surface area contributed by atoms with Gasteiger partial charge in [0.25, 0.3) is 5.56 Å². The molecular weight excluding hydrogens is 250 g/mol. The summed E-state index contributed by atoms with van der Waals surface area (Å²) in [6.07, 6.45) is 0. The van der Waals surface area contributed by atoms with Crippen molar-refractivity contribution in [1.82, 2.24) is 9.55 Å². The van der Waals surface area contributed by atoms with Crippen molar-refractivity contribution < 1.29 is 0 Å². The van der Waals surface area contributed by atoms with E-state index in [1.807, 2.05) is 24.3 Å². The average Bonchev–Trinajstić information content (AvgIpc) is 2.83. The van der Waals surface area contributed by atoms with Gasteiger partial charge in [-0.1, -0.05) is 6.07 Å². The van der Waals surface area contributed by atoms with Crippen LogP contribution in [-0.2, 0) is 6.54 Å². The Hall–Kier alpha value is -2.93. The van der Waals surface area contributed by atoms with Crippen LogP contribution in [0.5, 0.6) is 0 Å². The van der Waals surface area contributed by atoms with Crippen molar-refractivity contribution in [3.63, 3.8) is 0 Å². The van der Waals surface area contributed by atoms with E-state index in [0.717, 1.165) is 27.9 Å². The predicted molar refractivity (Wildman–Crippen MR) is 75.3 cm³/mol. The summed E-state index contributed by atoms with van der Waals surface area (Å²) in [5.74, 6) is 0. The molecular formula is C16H9N3O. The first-order valence-electron chi connectivity index (χ1n) is 6.30. The molecule has 2 aromatic heterocycles. The number of hydrogen-bond acceptors (Lipinski definition) is 3. The summed E-state index contributed by atoms with van der Waals surface area (Å²) in [5.41, 5.74) is 4.19. The summed E-state index contributed by atoms with van der Waals surface area (Å²) in [6.45, 7) is 0.546. The van der Waals surface area contributed by atoms with E-state index < -0.39 is 0 Å². The van der Waals surface area contributed by atoms with E-state index in [2.05, 4.69) is 11.1 Å². The van der Waals surface area contributed by atoms with Gasteiger partial charge < -0.3 is 4.57 Å². The molecule has 0 radical (unpaired) electrons. The molecule has 4 rings (SSSR count). The fourth-order valence-electron chi connectivity index (χ4n) is 2.69. The van der Waals surface area contributed by atoms with E-state index in [9.17, 15) is 4.79 Å². The van der Waals surface area contributed by atoms with E-state index in [4.69, 9.17) is 5.26 Å². The quantitative estimate of drug-likeness (QED) is 0.487. The normalized spacial score (nSPS) is 11.9. The lowest BCUT2D eigenvalue weighted by molar-refractivity contribution is 0.804. The highest BCUT2D eigenvalue weighted by Gasteiger charge is 2.20. The summed E-state index contributed by atoms with van der Waals surface area (Å²) in [6, 6.07) is 14.8. The zero-order valence-electron chi connectivity index (χ0n) is 10.5. The lowest BCUT2D eigenvalue weighted by atomic mass is 10.1. The molecule has 4 nitrogen and oxygen atoms in total. The number of hydrogen-bond donors (Lipinski definition) is 0. The van der Waals surface area contributed by atoms with Crippen molar-refractivity contribution in [3.05, 3.63) is 63.9 Å². The van der Waals surface area contributed by atoms with Crippen molar-refractivity contribution in [2.75, 3.05) is 0 Å². The van der Waals surface area contributed by atoms with E-state index in [-0.39, 0.29) is 5.56 Å². The second-order valence-corrected chi connectivity index (χ2v) is 4.85. The Bertz CT molecular complexity index is 964. The SMILES string of the molecule is N#Cc1ccc2nc3c(cc2c1)Cn1c-3cccc1=O. The van der Waals surface area contributed by atoms with Crippen LogP contribution in [0.3, 0.4) is 0 Å². The third kappa shape index (κ3) is 1.41. The molecule has 3 heterocycles. The first-order chi connectivity index (χ1) is 9.76. The second kappa shape index (κ2) is 3.78. The zero-order valence-corrected chi connectivity index (χ0v) is 10.5. The van der Waals surface area contributed by atoms with Gasteiger partial charge >= 0.3 is 0 Å². The number of nitrogens with zero attached hydrogens (tertiary/aromatic N) is 3. The number of aromatic nitrogens is 2. The predicted octanol–water partition coefficient (Wildman–Crippen LogP) is 2.30. The Morgan fingerprint density at radius 2 is 2.10 bits per heavy atom. The van der Waals surface area contributed by atoms with Crippen molar-refractivity contribution in [3.8, 4) is 17.5 Å². The van der Waals surface area contributed by atoms with Gasteiger partial charge in [-0.15, -0.1) is 0 Å². The van der Waals surface area contributed by atoms with Gasteiger partial charge in [-0.05, 0) is 30.3 Å². The Labute approximate surface area is 114 Å². The molecule has 0 saturated heterocycles. The van der Waals surface area contributed by atoms with Crippen LogP contribution in [0.4, 0.5) is 0 Å². The molecule has 0 saturated carbocycles. The molecule has 1 aliphatic rings. The number of nitriles is 1. The van der Waals surface area contributed by atoms with Crippen LogP contribution in [0.1, 0.15) is 11.1 Å². The Balaban J connectivity index is 2.03. The summed E-state index contributed by atoms with van der Waals surface area (Å²) < 4.78 is 1.72. The summed E-state index contributed by atoms with van der Waals surface area (Å²) in [7, 11) is 0. The fraction of sp³-hybridized carbons (Fsp3) is 0.0625. The molecule has 0 N–H and O–H groups in total. The molecule has 0 spiro atoms. The minimum absolute atomic E-state index is 0.0118. The van der Waals surface area contributed by atoms with Gasteiger partial charge in [0.1, 0.15) is 0 Å². The molecule has 0 atom stereocenters. The maximum absolute atomic E-state index is 11.9. The van der Waals surface area contributed by atoms with Crippen LogP contribution in [-0.4, -0.2) is 9.55 Å². The lowest BCUT2D eigenvalue weighted by Crippen LogP contribution is -2.16. The Kier molecular flexibility index (Phi) is 2.07. The molecule has 1 aliphatic heterocycles. The Morgan fingerprint density at radius 3 is 2.95 bits per heavy atom. The standard InChI is InChI=1S/C16H9N3O/c17-8-10-4-5-13-11(6-10)7-12-9-19-14(16(12)18-13)2-1-3-15(19)20/h1-7H,9H2. The van der Waals surface area contributed by atoms with Crippen molar-refractivity contribution in [2.45, 2.75) is 6.54 Å². The maximum atomic E-state index is 11.9.